The summed E-state index contributed by atoms with van der Waals surface area (Å²) in [6.45, 7) is 11.6. The maximum absolute atomic E-state index is 10.7. The van der Waals surface area contributed by atoms with Crippen molar-refractivity contribution in [3.63, 3.8) is 0 Å². The minimum atomic E-state index is -0.693. The summed E-state index contributed by atoms with van der Waals surface area (Å²) in [6.07, 6.45) is 0.253. The van der Waals surface area contributed by atoms with Crippen LogP contribution in [0.1, 0.15) is 6.42 Å². The zero-order valence-corrected chi connectivity index (χ0v) is 12.6. The summed E-state index contributed by atoms with van der Waals surface area (Å²) in [5.74, 6) is -0.693. The summed E-state index contributed by atoms with van der Waals surface area (Å²) >= 11 is 0. The van der Waals surface area contributed by atoms with Crippen molar-refractivity contribution in [1.29, 1.82) is 0 Å². The molecular formula is C14H28N4O2. The van der Waals surface area contributed by atoms with Crippen molar-refractivity contribution in [3.8, 4) is 0 Å². The van der Waals surface area contributed by atoms with Gasteiger partial charge in [-0.1, -0.05) is 0 Å². The second-order valence-corrected chi connectivity index (χ2v) is 5.97. The Morgan fingerprint density at radius 3 is 1.80 bits per heavy atom. The molecule has 0 radical (unpaired) electrons. The Kier molecular flexibility index (Phi) is 6.22. The molecule has 6 nitrogen and oxygen atoms in total. The summed E-state index contributed by atoms with van der Waals surface area (Å²) in [5.41, 5.74) is 0. The van der Waals surface area contributed by atoms with E-state index in [0.717, 1.165) is 65.4 Å². The third kappa shape index (κ3) is 5.36. The standard InChI is InChI=1S/C14H28N4O2/c1-15-4-6-17-10-8-16(3-2-14(19)20)9-11-18(7-5-15)13-12-17/h2-13H2,1H3,(H,19,20). The summed E-state index contributed by atoms with van der Waals surface area (Å²) in [7, 11) is 2.20. The number of carbonyl (C=O) groups is 1. The van der Waals surface area contributed by atoms with E-state index < -0.39 is 5.97 Å². The van der Waals surface area contributed by atoms with Gasteiger partial charge in [0.1, 0.15) is 0 Å². The molecule has 2 bridgehead atoms. The van der Waals surface area contributed by atoms with E-state index in [1.165, 1.54) is 0 Å². The van der Waals surface area contributed by atoms with Gasteiger partial charge in [-0.15, -0.1) is 0 Å². The van der Waals surface area contributed by atoms with Crippen LogP contribution >= 0.6 is 0 Å². The molecule has 0 aliphatic carbocycles. The lowest BCUT2D eigenvalue weighted by Gasteiger charge is -2.28. The van der Waals surface area contributed by atoms with E-state index in [1.807, 2.05) is 0 Å². The van der Waals surface area contributed by atoms with Crippen LogP contribution in [0.3, 0.4) is 0 Å². The van der Waals surface area contributed by atoms with Crippen molar-refractivity contribution in [1.82, 2.24) is 19.6 Å². The number of hydrogen-bond donors (Lipinski definition) is 1. The lowest BCUT2D eigenvalue weighted by atomic mass is 10.3. The fraction of sp³-hybridized carbons (Fsp3) is 0.929. The third-order valence-electron chi connectivity index (χ3n) is 4.44. The van der Waals surface area contributed by atoms with Crippen molar-refractivity contribution in [2.75, 3.05) is 79.0 Å². The van der Waals surface area contributed by atoms with Gasteiger partial charge in [-0.05, 0) is 7.05 Å². The first-order valence-electron chi connectivity index (χ1n) is 7.71. The lowest BCUT2D eigenvalue weighted by Crippen LogP contribution is -2.41. The van der Waals surface area contributed by atoms with Gasteiger partial charge in [-0.3, -0.25) is 14.6 Å². The molecule has 0 aromatic heterocycles. The van der Waals surface area contributed by atoms with Gasteiger partial charge < -0.3 is 14.9 Å². The molecule has 0 aromatic carbocycles. The first-order valence-corrected chi connectivity index (χ1v) is 7.71. The van der Waals surface area contributed by atoms with Crippen LogP contribution in [0.5, 0.6) is 0 Å². The highest BCUT2D eigenvalue weighted by molar-refractivity contribution is 5.66. The van der Waals surface area contributed by atoms with Crippen molar-refractivity contribution in [2.24, 2.45) is 0 Å². The Morgan fingerprint density at radius 2 is 1.30 bits per heavy atom. The molecule has 0 saturated carbocycles. The molecule has 1 N–H and O–H groups in total. The highest BCUT2D eigenvalue weighted by atomic mass is 16.4. The number of nitrogens with zero attached hydrogens (tertiary/aromatic N) is 4. The minimum absolute atomic E-state index is 0.253. The topological polar surface area (TPSA) is 50.3 Å². The van der Waals surface area contributed by atoms with Crippen LogP contribution in [0.2, 0.25) is 0 Å². The van der Waals surface area contributed by atoms with Crippen molar-refractivity contribution in [2.45, 2.75) is 6.42 Å². The summed E-state index contributed by atoms with van der Waals surface area (Å²) in [4.78, 5) is 20.5. The molecule has 6 heteroatoms. The van der Waals surface area contributed by atoms with E-state index in [2.05, 4.69) is 26.6 Å². The fourth-order valence-corrected chi connectivity index (χ4v) is 2.84. The molecule has 20 heavy (non-hydrogen) atoms. The third-order valence-corrected chi connectivity index (χ3v) is 4.44. The number of fused-ring (bicyclic) bond motifs is 3. The van der Waals surface area contributed by atoms with Crippen LogP contribution in [0.4, 0.5) is 0 Å². The van der Waals surface area contributed by atoms with Crippen LogP contribution in [0.15, 0.2) is 0 Å². The van der Waals surface area contributed by atoms with Gasteiger partial charge in [0, 0.05) is 72.0 Å². The van der Waals surface area contributed by atoms with Crippen LogP contribution in [-0.2, 0) is 4.79 Å². The monoisotopic (exact) mass is 284 g/mol. The van der Waals surface area contributed by atoms with Crippen molar-refractivity contribution in [3.05, 3.63) is 0 Å². The summed E-state index contributed by atoms with van der Waals surface area (Å²) < 4.78 is 0. The highest BCUT2D eigenvalue weighted by Crippen LogP contribution is 2.04. The maximum atomic E-state index is 10.7. The Labute approximate surface area is 121 Å². The molecule has 0 amide bonds. The molecule has 2 unspecified atom stereocenters. The van der Waals surface area contributed by atoms with Crippen LogP contribution in [0, 0.1) is 0 Å². The highest BCUT2D eigenvalue weighted by Gasteiger charge is 2.19. The molecular weight excluding hydrogens is 256 g/mol. The number of aliphatic carboxylic acids is 1. The lowest BCUT2D eigenvalue weighted by molar-refractivity contribution is -0.137. The minimum Gasteiger partial charge on any atom is -0.481 e. The van der Waals surface area contributed by atoms with Crippen LogP contribution in [-0.4, -0.2) is 110 Å². The SMILES string of the molecule is CN1CCN2CCN(CCC(=O)O)CCN(CC1)CC2. The quantitative estimate of drug-likeness (QED) is 0.741. The largest absolute Gasteiger partial charge is 0.481 e. The molecule has 2 rings (SSSR count). The zero-order chi connectivity index (χ0) is 14.4. The normalized spacial score (nSPS) is 30.6. The predicted octanol–water partition coefficient (Wildman–Crippen LogP) is -0.674. The molecule has 2 atom stereocenters. The molecule has 116 valence electrons. The van der Waals surface area contributed by atoms with Crippen molar-refractivity contribution < 1.29 is 9.90 Å². The van der Waals surface area contributed by atoms with Crippen LogP contribution < -0.4 is 0 Å². The second kappa shape index (κ2) is 7.93. The second-order valence-electron chi connectivity index (χ2n) is 5.97. The number of hydrogen-bond acceptors (Lipinski definition) is 5. The Hall–Kier alpha value is -0.690. The molecule has 2 aliphatic rings. The van der Waals surface area contributed by atoms with E-state index in [1.54, 1.807) is 0 Å². The average Bonchev–Trinajstić information content (AvgIpc) is 2.56. The van der Waals surface area contributed by atoms with Gasteiger partial charge in [-0.25, -0.2) is 0 Å². The molecule has 2 aliphatic heterocycles. The van der Waals surface area contributed by atoms with E-state index in [4.69, 9.17) is 5.11 Å². The van der Waals surface area contributed by atoms with Gasteiger partial charge >= 0.3 is 5.97 Å². The number of rotatable bonds is 3. The number of carboxylic acids is 1. The maximum Gasteiger partial charge on any atom is 0.304 e. The predicted molar refractivity (Wildman–Crippen MR) is 79.1 cm³/mol. The van der Waals surface area contributed by atoms with E-state index in [-0.39, 0.29) is 6.42 Å². The first-order chi connectivity index (χ1) is 9.63. The molecule has 2 saturated heterocycles. The Morgan fingerprint density at radius 1 is 0.850 bits per heavy atom. The Balaban J connectivity index is 1.92. The smallest absolute Gasteiger partial charge is 0.304 e. The zero-order valence-electron chi connectivity index (χ0n) is 12.6. The van der Waals surface area contributed by atoms with Gasteiger partial charge in [0.15, 0.2) is 0 Å². The number of likely N-dealkylation sites (N-methyl/N-ethyl adjacent to an activating group) is 1. The van der Waals surface area contributed by atoms with Crippen molar-refractivity contribution >= 4 is 5.97 Å². The molecule has 2 heterocycles. The number of carboxylic acid groups (broad SMARTS) is 1. The Bertz CT molecular complexity index is 294. The molecule has 0 aromatic rings. The average molecular weight is 284 g/mol. The molecule has 2 fully saturated rings. The van der Waals surface area contributed by atoms with Gasteiger partial charge in [0.05, 0.1) is 6.42 Å². The van der Waals surface area contributed by atoms with E-state index in [0.29, 0.717) is 6.54 Å². The van der Waals surface area contributed by atoms with Crippen LogP contribution in [0.25, 0.3) is 0 Å². The van der Waals surface area contributed by atoms with E-state index in [9.17, 15) is 4.79 Å². The summed E-state index contributed by atoms with van der Waals surface area (Å²) in [5, 5.41) is 8.85. The van der Waals surface area contributed by atoms with Gasteiger partial charge in [0.25, 0.3) is 0 Å². The summed E-state index contributed by atoms with van der Waals surface area (Å²) in [6, 6.07) is 0. The first kappa shape index (κ1) is 15.7. The molecule has 0 spiro atoms. The fourth-order valence-electron chi connectivity index (χ4n) is 2.84. The van der Waals surface area contributed by atoms with Gasteiger partial charge in [-0.2, -0.15) is 0 Å². The van der Waals surface area contributed by atoms with Gasteiger partial charge in [0.2, 0.25) is 0 Å². The van der Waals surface area contributed by atoms with E-state index >= 15 is 0 Å².